The fourth-order valence-electron chi connectivity index (χ4n) is 4.27. The summed E-state index contributed by atoms with van der Waals surface area (Å²) in [6, 6.07) is 15.5. The number of hydrogen-bond donors (Lipinski definition) is 1. The van der Waals surface area contributed by atoms with Crippen molar-refractivity contribution in [3.8, 4) is 0 Å². The zero-order valence-electron chi connectivity index (χ0n) is 18.4. The third kappa shape index (κ3) is 5.04. The van der Waals surface area contributed by atoms with E-state index in [1.165, 1.54) is 0 Å². The molecule has 0 unspecified atom stereocenters. The van der Waals surface area contributed by atoms with Crippen LogP contribution in [0, 0.1) is 0 Å². The predicted molar refractivity (Wildman–Crippen MR) is 123 cm³/mol. The van der Waals surface area contributed by atoms with Crippen molar-refractivity contribution in [1.82, 2.24) is 20.1 Å². The molecule has 0 aliphatic carbocycles. The van der Waals surface area contributed by atoms with E-state index in [0.29, 0.717) is 25.1 Å². The zero-order chi connectivity index (χ0) is 22.3. The van der Waals surface area contributed by atoms with Crippen LogP contribution in [0.5, 0.6) is 0 Å². The number of rotatable bonds is 7. The van der Waals surface area contributed by atoms with E-state index in [-0.39, 0.29) is 17.7 Å². The molecule has 0 radical (unpaired) electrons. The average Bonchev–Trinajstić information content (AvgIpc) is 3.34. The van der Waals surface area contributed by atoms with Gasteiger partial charge in [0.05, 0.1) is 17.5 Å². The first-order chi connectivity index (χ1) is 15.6. The zero-order valence-corrected chi connectivity index (χ0v) is 18.4. The molecule has 0 atom stereocenters. The number of pyridine rings is 1. The van der Waals surface area contributed by atoms with Crippen molar-refractivity contribution in [2.45, 2.75) is 38.0 Å². The van der Waals surface area contributed by atoms with Gasteiger partial charge in [0, 0.05) is 50.1 Å². The first-order valence-electron chi connectivity index (χ1n) is 11.2. The molecule has 3 heterocycles. The molecule has 2 aromatic heterocycles. The third-order valence-electron chi connectivity index (χ3n) is 6.15. The number of amides is 2. The van der Waals surface area contributed by atoms with Crippen molar-refractivity contribution >= 4 is 17.5 Å². The van der Waals surface area contributed by atoms with Crippen molar-refractivity contribution < 1.29 is 9.59 Å². The van der Waals surface area contributed by atoms with Crippen LogP contribution in [0.4, 0.5) is 5.69 Å². The summed E-state index contributed by atoms with van der Waals surface area (Å²) in [5.74, 6) is 0.315. The lowest BCUT2D eigenvalue weighted by Crippen LogP contribution is -2.38. The Morgan fingerprint density at radius 3 is 2.56 bits per heavy atom. The van der Waals surface area contributed by atoms with Crippen LogP contribution in [-0.2, 0) is 11.2 Å². The number of aromatic amines is 1. The molecule has 1 saturated heterocycles. The number of carbonyl (C=O) groups is 2. The van der Waals surface area contributed by atoms with Gasteiger partial charge >= 0.3 is 0 Å². The topological polar surface area (TPSA) is 82.2 Å². The molecule has 7 nitrogen and oxygen atoms in total. The highest BCUT2D eigenvalue weighted by Crippen LogP contribution is 2.30. The number of likely N-dealkylation sites (tertiary alicyclic amines) is 1. The number of anilines is 1. The summed E-state index contributed by atoms with van der Waals surface area (Å²) in [4.78, 5) is 33.6. The number of benzene rings is 1. The van der Waals surface area contributed by atoms with Gasteiger partial charge in [0.15, 0.2) is 0 Å². The van der Waals surface area contributed by atoms with E-state index >= 15 is 0 Å². The number of H-pyrrole nitrogens is 1. The Hall–Kier alpha value is -3.48. The number of aromatic nitrogens is 3. The molecule has 1 aliphatic heterocycles. The molecule has 0 spiro atoms. The molecule has 1 N–H and O–H groups in total. The number of piperidine rings is 1. The average molecular weight is 432 g/mol. The maximum atomic E-state index is 13.1. The van der Waals surface area contributed by atoms with E-state index in [1.807, 2.05) is 53.4 Å². The largest absolute Gasteiger partial charge is 0.343 e. The summed E-state index contributed by atoms with van der Waals surface area (Å²) in [6.45, 7) is 1.41. The highest BCUT2D eigenvalue weighted by molar-refractivity contribution is 6.06. The van der Waals surface area contributed by atoms with Crippen LogP contribution in [0.15, 0.2) is 60.9 Å². The quantitative estimate of drug-likeness (QED) is 0.617. The summed E-state index contributed by atoms with van der Waals surface area (Å²) in [7, 11) is 1.78. The van der Waals surface area contributed by atoms with Crippen LogP contribution >= 0.6 is 0 Å². The Morgan fingerprint density at radius 2 is 1.84 bits per heavy atom. The number of carbonyl (C=O) groups excluding carboxylic acids is 2. The monoisotopic (exact) mass is 431 g/mol. The fraction of sp³-hybridized carbons (Fsp3) is 0.360. The first-order valence-corrected chi connectivity index (χ1v) is 11.2. The van der Waals surface area contributed by atoms with E-state index in [0.717, 1.165) is 42.8 Å². The second-order valence-corrected chi connectivity index (χ2v) is 8.23. The van der Waals surface area contributed by atoms with Crippen molar-refractivity contribution in [3.63, 3.8) is 0 Å². The van der Waals surface area contributed by atoms with Gasteiger partial charge in [-0.2, -0.15) is 5.10 Å². The molecule has 1 fully saturated rings. The van der Waals surface area contributed by atoms with Gasteiger partial charge in [0.25, 0.3) is 5.91 Å². The molecule has 1 aliphatic rings. The summed E-state index contributed by atoms with van der Waals surface area (Å²) < 4.78 is 0. The van der Waals surface area contributed by atoms with Crippen LogP contribution in [0.1, 0.15) is 53.3 Å². The third-order valence-corrected chi connectivity index (χ3v) is 6.15. The Labute approximate surface area is 188 Å². The van der Waals surface area contributed by atoms with Crippen LogP contribution in [0.2, 0.25) is 0 Å². The van der Waals surface area contributed by atoms with Crippen molar-refractivity contribution in [2.24, 2.45) is 0 Å². The Kier molecular flexibility index (Phi) is 6.94. The molecule has 4 rings (SSSR count). The van der Waals surface area contributed by atoms with Gasteiger partial charge in [-0.15, -0.1) is 0 Å². The first kappa shape index (κ1) is 21.7. The molecular formula is C25H29N5O2. The van der Waals surface area contributed by atoms with Crippen LogP contribution < -0.4 is 4.90 Å². The second kappa shape index (κ2) is 10.2. The Bertz CT molecular complexity index is 1030. The van der Waals surface area contributed by atoms with Crippen molar-refractivity contribution in [3.05, 3.63) is 77.9 Å². The van der Waals surface area contributed by atoms with E-state index < -0.39 is 0 Å². The van der Waals surface area contributed by atoms with Crippen molar-refractivity contribution in [2.75, 3.05) is 25.0 Å². The van der Waals surface area contributed by atoms with Gasteiger partial charge in [0.2, 0.25) is 5.91 Å². The number of para-hydroxylation sites is 1. The van der Waals surface area contributed by atoms with E-state index in [4.69, 9.17) is 0 Å². The van der Waals surface area contributed by atoms with Gasteiger partial charge < -0.3 is 9.80 Å². The maximum Gasteiger partial charge on any atom is 0.261 e. The second-order valence-electron chi connectivity index (χ2n) is 8.23. The summed E-state index contributed by atoms with van der Waals surface area (Å²) >= 11 is 0. The predicted octanol–water partition coefficient (Wildman–Crippen LogP) is 3.81. The maximum absolute atomic E-state index is 13.1. The van der Waals surface area contributed by atoms with Gasteiger partial charge in [0.1, 0.15) is 0 Å². The minimum absolute atomic E-state index is 0.0759. The summed E-state index contributed by atoms with van der Waals surface area (Å²) in [5.41, 5.74) is 3.35. The van der Waals surface area contributed by atoms with E-state index in [9.17, 15) is 9.59 Å². The molecule has 0 bridgehead atoms. The van der Waals surface area contributed by atoms with Crippen LogP contribution in [-0.4, -0.2) is 52.0 Å². The SMILES string of the molecule is CN(C(=O)c1cn[nH]c1C1CCN(C(=O)CCCc2ccccn2)CC1)c1ccccc1. The minimum atomic E-state index is -0.0759. The van der Waals surface area contributed by atoms with Gasteiger partial charge in [-0.1, -0.05) is 24.3 Å². The number of nitrogens with one attached hydrogen (secondary N) is 1. The van der Waals surface area contributed by atoms with Crippen LogP contribution in [0.25, 0.3) is 0 Å². The van der Waals surface area contributed by atoms with Gasteiger partial charge in [-0.3, -0.25) is 19.7 Å². The molecule has 0 saturated carbocycles. The molecule has 2 amide bonds. The molecular weight excluding hydrogens is 402 g/mol. The highest BCUT2D eigenvalue weighted by atomic mass is 16.2. The lowest BCUT2D eigenvalue weighted by molar-refractivity contribution is -0.132. The number of nitrogens with zero attached hydrogens (tertiary/aromatic N) is 4. The molecule has 3 aromatic rings. The Morgan fingerprint density at radius 1 is 1.09 bits per heavy atom. The van der Waals surface area contributed by atoms with Gasteiger partial charge in [-0.25, -0.2) is 0 Å². The smallest absolute Gasteiger partial charge is 0.261 e. The molecule has 32 heavy (non-hydrogen) atoms. The summed E-state index contributed by atoms with van der Waals surface area (Å²) in [6.07, 6.45) is 7.21. The number of hydrogen-bond acceptors (Lipinski definition) is 4. The summed E-state index contributed by atoms with van der Waals surface area (Å²) in [5, 5.41) is 7.21. The lowest BCUT2D eigenvalue weighted by atomic mass is 9.91. The van der Waals surface area contributed by atoms with E-state index in [1.54, 1.807) is 24.3 Å². The minimum Gasteiger partial charge on any atom is -0.343 e. The normalized spacial score (nSPS) is 14.3. The fourth-order valence-corrected chi connectivity index (χ4v) is 4.27. The van der Waals surface area contributed by atoms with E-state index in [2.05, 4.69) is 15.2 Å². The highest BCUT2D eigenvalue weighted by Gasteiger charge is 2.29. The Balaban J connectivity index is 1.30. The lowest BCUT2D eigenvalue weighted by Gasteiger charge is -2.32. The van der Waals surface area contributed by atoms with Crippen LogP contribution in [0.3, 0.4) is 0 Å². The van der Waals surface area contributed by atoms with Gasteiger partial charge in [-0.05, 0) is 49.9 Å². The number of aryl methyl sites for hydroxylation is 1. The molecule has 1 aromatic carbocycles. The molecule has 7 heteroatoms. The standard InChI is InChI=1S/C25H29N5O2/c1-29(21-10-3-2-4-11-21)25(32)22-18-27-28-24(22)19-13-16-30(17-14-19)23(31)12-7-9-20-8-5-6-15-26-20/h2-6,8,10-11,15,18-19H,7,9,12-14,16-17H2,1H3,(H,27,28). The van der Waals surface area contributed by atoms with Crippen molar-refractivity contribution in [1.29, 1.82) is 0 Å². The molecule has 166 valence electrons.